The van der Waals surface area contributed by atoms with Gasteiger partial charge in [-0.3, -0.25) is 4.68 Å². The Morgan fingerprint density at radius 1 is 1.30 bits per heavy atom. The number of rotatable bonds is 6. The number of methoxy groups -OCH3 is 1. The molecule has 1 unspecified atom stereocenters. The zero-order chi connectivity index (χ0) is 14.5. The van der Waals surface area contributed by atoms with Crippen LogP contribution in [0.1, 0.15) is 25.6 Å². The standard InChI is InChI=1S/C15H21N3O2/c1-5-20-14-7-6-12(10-15(14)19-4)17-11(2)13-8-9-16-18(13)3/h6-11,17H,5H2,1-4H3. The van der Waals surface area contributed by atoms with Crippen LogP contribution in [-0.4, -0.2) is 23.5 Å². The third kappa shape index (κ3) is 3.04. The van der Waals surface area contributed by atoms with Crippen molar-refractivity contribution in [2.75, 3.05) is 19.0 Å². The van der Waals surface area contributed by atoms with E-state index in [1.54, 1.807) is 13.3 Å². The molecule has 5 heteroatoms. The zero-order valence-corrected chi connectivity index (χ0v) is 12.4. The van der Waals surface area contributed by atoms with Gasteiger partial charge in [0.1, 0.15) is 0 Å². The molecule has 0 amide bonds. The SMILES string of the molecule is CCOc1ccc(NC(C)c2ccnn2C)cc1OC. The summed E-state index contributed by atoms with van der Waals surface area (Å²) in [7, 11) is 3.58. The highest BCUT2D eigenvalue weighted by Gasteiger charge is 2.11. The van der Waals surface area contributed by atoms with Crippen LogP contribution in [0.4, 0.5) is 5.69 Å². The van der Waals surface area contributed by atoms with Crippen molar-refractivity contribution in [2.45, 2.75) is 19.9 Å². The molecule has 0 saturated heterocycles. The first-order valence-electron chi connectivity index (χ1n) is 6.71. The fourth-order valence-electron chi connectivity index (χ4n) is 2.16. The highest BCUT2D eigenvalue weighted by molar-refractivity contribution is 5.55. The summed E-state index contributed by atoms with van der Waals surface area (Å²) in [6.07, 6.45) is 1.80. The molecule has 0 fully saturated rings. The van der Waals surface area contributed by atoms with E-state index in [1.807, 2.05) is 42.9 Å². The van der Waals surface area contributed by atoms with E-state index in [0.717, 1.165) is 22.9 Å². The number of aryl methyl sites for hydroxylation is 1. The summed E-state index contributed by atoms with van der Waals surface area (Å²) in [5.41, 5.74) is 2.11. The lowest BCUT2D eigenvalue weighted by atomic mass is 10.2. The molecule has 1 aromatic heterocycles. The number of nitrogens with one attached hydrogen (secondary N) is 1. The molecule has 0 saturated carbocycles. The Morgan fingerprint density at radius 3 is 2.70 bits per heavy atom. The Kier molecular flexibility index (Phi) is 4.50. The summed E-state index contributed by atoms with van der Waals surface area (Å²) in [5.74, 6) is 1.49. The van der Waals surface area contributed by atoms with Gasteiger partial charge in [0, 0.05) is 25.0 Å². The Morgan fingerprint density at radius 2 is 2.10 bits per heavy atom. The van der Waals surface area contributed by atoms with Crippen molar-refractivity contribution >= 4 is 5.69 Å². The maximum atomic E-state index is 5.51. The minimum Gasteiger partial charge on any atom is -0.493 e. The van der Waals surface area contributed by atoms with E-state index >= 15 is 0 Å². The molecule has 0 aliphatic rings. The normalized spacial score (nSPS) is 12.0. The first-order chi connectivity index (χ1) is 9.65. The molecule has 108 valence electrons. The van der Waals surface area contributed by atoms with E-state index in [9.17, 15) is 0 Å². The van der Waals surface area contributed by atoms with Gasteiger partial charge in [0.05, 0.1) is 25.5 Å². The van der Waals surface area contributed by atoms with E-state index in [2.05, 4.69) is 17.3 Å². The van der Waals surface area contributed by atoms with Crippen LogP contribution in [0.15, 0.2) is 30.5 Å². The number of anilines is 1. The lowest BCUT2D eigenvalue weighted by molar-refractivity contribution is 0.311. The summed E-state index contributed by atoms with van der Waals surface area (Å²) in [6.45, 7) is 4.67. The summed E-state index contributed by atoms with van der Waals surface area (Å²) in [4.78, 5) is 0. The van der Waals surface area contributed by atoms with Crippen LogP contribution in [0.25, 0.3) is 0 Å². The van der Waals surface area contributed by atoms with Gasteiger partial charge < -0.3 is 14.8 Å². The summed E-state index contributed by atoms with van der Waals surface area (Å²) >= 11 is 0. The predicted molar refractivity (Wildman–Crippen MR) is 79.4 cm³/mol. The van der Waals surface area contributed by atoms with Crippen LogP contribution in [-0.2, 0) is 7.05 Å². The molecule has 1 heterocycles. The largest absolute Gasteiger partial charge is 0.493 e. The van der Waals surface area contributed by atoms with Gasteiger partial charge in [0.15, 0.2) is 11.5 Å². The average molecular weight is 275 g/mol. The van der Waals surface area contributed by atoms with Crippen LogP contribution in [0.2, 0.25) is 0 Å². The Balaban J connectivity index is 2.15. The minimum atomic E-state index is 0.158. The Labute approximate surface area is 119 Å². The van der Waals surface area contributed by atoms with Gasteiger partial charge in [-0.2, -0.15) is 5.10 Å². The second kappa shape index (κ2) is 6.32. The molecule has 2 rings (SSSR count). The van der Waals surface area contributed by atoms with Gasteiger partial charge in [-0.25, -0.2) is 0 Å². The van der Waals surface area contributed by atoms with E-state index in [-0.39, 0.29) is 6.04 Å². The number of aromatic nitrogens is 2. The molecule has 0 aliphatic carbocycles. The van der Waals surface area contributed by atoms with Crippen LogP contribution >= 0.6 is 0 Å². The van der Waals surface area contributed by atoms with Crippen molar-refractivity contribution in [3.05, 3.63) is 36.2 Å². The fourth-order valence-corrected chi connectivity index (χ4v) is 2.16. The van der Waals surface area contributed by atoms with Gasteiger partial charge in [-0.1, -0.05) is 0 Å². The highest BCUT2D eigenvalue weighted by Crippen LogP contribution is 2.31. The van der Waals surface area contributed by atoms with Gasteiger partial charge >= 0.3 is 0 Å². The highest BCUT2D eigenvalue weighted by atomic mass is 16.5. The quantitative estimate of drug-likeness (QED) is 0.880. The first kappa shape index (κ1) is 14.2. The topological polar surface area (TPSA) is 48.3 Å². The van der Waals surface area contributed by atoms with Crippen molar-refractivity contribution in [3.63, 3.8) is 0 Å². The lowest BCUT2D eigenvalue weighted by Crippen LogP contribution is -2.11. The van der Waals surface area contributed by atoms with Gasteiger partial charge in [-0.15, -0.1) is 0 Å². The number of hydrogen-bond acceptors (Lipinski definition) is 4. The smallest absolute Gasteiger partial charge is 0.162 e. The van der Waals surface area contributed by atoms with E-state index in [1.165, 1.54) is 0 Å². The second-order valence-corrected chi connectivity index (χ2v) is 4.54. The van der Waals surface area contributed by atoms with Crippen molar-refractivity contribution in [1.29, 1.82) is 0 Å². The molecule has 1 aromatic carbocycles. The van der Waals surface area contributed by atoms with Crippen molar-refractivity contribution < 1.29 is 9.47 Å². The molecule has 0 radical (unpaired) electrons. The zero-order valence-electron chi connectivity index (χ0n) is 12.4. The van der Waals surface area contributed by atoms with Crippen molar-refractivity contribution in [2.24, 2.45) is 7.05 Å². The summed E-state index contributed by atoms with van der Waals surface area (Å²) < 4.78 is 12.7. The molecule has 1 N–H and O–H groups in total. The van der Waals surface area contributed by atoms with E-state index < -0.39 is 0 Å². The van der Waals surface area contributed by atoms with E-state index in [4.69, 9.17) is 9.47 Å². The monoisotopic (exact) mass is 275 g/mol. The number of nitrogens with zero attached hydrogens (tertiary/aromatic N) is 2. The van der Waals surface area contributed by atoms with Crippen LogP contribution in [0.5, 0.6) is 11.5 Å². The average Bonchev–Trinajstić information content (AvgIpc) is 2.87. The Bertz CT molecular complexity index is 566. The van der Waals surface area contributed by atoms with Gasteiger partial charge in [0.25, 0.3) is 0 Å². The lowest BCUT2D eigenvalue weighted by Gasteiger charge is -2.17. The van der Waals surface area contributed by atoms with Crippen LogP contribution < -0.4 is 14.8 Å². The first-order valence-corrected chi connectivity index (χ1v) is 6.71. The van der Waals surface area contributed by atoms with Crippen LogP contribution in [0.3, 0.4) is 0 Å². The minimum absolute atomic E-state index is 0.158. The van der Waals surface area contributed by atoms with Crippen molar-refractivity contribution in [3.8, 4) is 11.5 Å². The molecule has 0 spiro atoms. The molecular weight excluding hydrogens is 254 g/mol. The third-order valence-electron chi connectivity index (χ3n) is 3.15. The molecule has 0 aliphatic heterocycles. The maximum absolute atomic E-state index is 5.51. The second-order valence-electron chi connectivity index (χ2n) is 4.54. The van der Waals surface area contributed by atoms with Crippen LogP contribution in [0, 0.1) is 0 Å². The Hall–Kier alpha value is -2.17. The van der Waals surface area contributed by atoms with E-state index in [0.29, 0.717) is 6.61 Å². The molecular formula is C15H21N3O2. The number of benzene rings is 1. The van der Waals surface area contributed by atoms with Crippen molar-refractivity contribution in [1.82, 2.24) is 9.78 Å². The maximum Gasteiger partial charge on any atom is 0.162 e. The molecule has 2 aromatic rings. The molecule has 5 nitrogen and oxygen atoms in total. The molecule has 0 bridgehead atoms. The number of ether oxygens (including phenoxy) is 2. The summed E-state index contributed by atoms with van der Waals surface area (Å²) in [6, 6.07) is 8.01. The summed E-state index contributed by atoms with van der Waals surface area (Å²) in [5, 5.41) is 7.62. The molecule has 20 heavy (non-hydrogen) atoms. The molecule has 1 atom stereocenters. The van der Waals surface area contributed by atoms with Gasteiger partial charge in [-0.05, 0) is 32.0 Å². The predicted octanol–water partition coefficient (Wildman–Crippen LogP) is 3.00. The fraction of sp³-hybridized carbons (Fsp3) is 0.400. The number of hydrogen-bond donors (Lipinski definition) is 1. The van der Waals surface area contributed by atoms with Gasteiger partial charge in [0.2, 0.25) is 0 Å². The third-order valence-corrected chi connectivity index (χ3v) is 3.15.